The Bertz CT molecular complexity index is 570. The van der Waals surface area contributed by atoms with E-state index in [9.17, 15) is 0 Å². The van der Waals surface area contributed by atoms with E-state index in [1.165, 1.54) is 16.7 Å². The second-order valence-electron chi connectivity index (χ2n) is 5.14. The van der Waals surface area contributed by atoms with Gasteiger partial charge >= 0.3 is 0 Å². The van der Waals surface area contributed by atoms with Crippen molar-refractivity contribution >= 4 is 17.8 Å². The predicted molar refractivity (Wildman–Crippen MR) is 91.5 cm³/mol. The van der Waals surface area contributed by atoms with E-state index in [-0.39, 0.29) is 6.61 Å². The summed E-state index contributed by atoms with van der Waals surface area (Å²) < 4.78 is 0. The van der Waals surface area contributed by atoms with Crippen LogP contribution in [-0.4, -0.2) is 24.8 Å². The van der Waals surface area contributed by atoms with Gasteiger partial charge in [0.15, 0.2) is 0 Å². The van der Waals surface area contributed by atoms with Gasteiger partial charge in [0.1, 0.15) is 0 Å². The van der Waals surface area contributed by atoms with Crippen molar-refractivity contribution in [1.29, 1.82) is 0 Å². The molecular weight excluding hydrogens is 258 g/mol. The zero-order chi connectivity index (χ0) is 15.1. The van der Waals surface area contributed by atoms with Crippen LogP contribution in [0.25, 0.3) is 12.2 Å². The standard InChI is InChI=1S/C19H23NO/c1-3-20(14-15-21)19-12-10-18(11-13-19)9-8-17-6-4-16(2)5-7-17/h4-13,21H,3,14-15H2,1-2H3/b9-8+. The van der Waals surface area contributed by atoms with E-state index in [1.807, 2.05) is 0 Å². The minimum absolute atomic E-state index is 0.183. The highest BCUT2D eigenvalue weighted by atomic mass is 16.3. The minimum atomic E-state index is 0.183. The third-order valence-corrected chi connectivity index (χ3v) is 3.56. The molecule has 21 heavy (non-hydrogen) atoms. The van der Waals surface area contributed by atoms with Crippen LogP contribution in [0.3, 0.4) is 0 Å². The summed E-state index contributed by atoms with van der Waals surface area (Å²) in [5.74, 6) is 0. The van der Waals surface area contributed by atoms with Gasteiger partial charge in [-0.2, -0.15) is 0 Å². The Kier molecular flexibility index (Phi) is 5.59. The zero-order valence-corrected chi connectivity index (χ0v) is 12.8. The predicted octanol–water partition coefficient (Wildman–Crippen LogP) is 3.98. The number of nitrogens with zero attached hydrogens (tertiary/aromatic N) is 1. The lowest BCUT2D eigenvalue weighted by atomic mass is 10.1. The van der Waals surface area contributed by atoms with Crippen LogP contribution in [0.4, 0.5) is 5.69 Å². The van der Waals surface area contributed by atoms with Gasteiger partial charge in [-0.05, 0) is 37.1 Å². The average molecular weight is 281 g/mol. The van der Waals surface area contributed by atoms with Crippen LogP contribution in [0, 0.1) is 6.92 Å². The lowest BCUT2D eigenvalue weighted by molar-refractivity contribution is 0.302. The van der Waals surface area contributed by atoms with Gasteiger partial charge in [-0.15, -0.1) is 0 Å². The van der Waals surface area contributed by atoms with Crippen molar-refractivity contribution in [2.24, 2.45) is 0 Å². The van der Waals surface area contributed by atoms with Gasteiger partial charge < -0.3 is 10.0 Å². The van der Waals surface area contributed by atoms with E-state index in [0.29, 0.717) is 6.54 Å². The van der Waals surface area contributed by atoms with Crippen LogP contribution < -0.4 is 4.90 Å². The number of aliphatic hydroxyl groups excluding tert-OH is 1. The van der Waals surface area contributed by atoms with Crippen LogP contribution in [0.15, 0.2) is 48.5 Å². The van der Waals surface area contributed by atoms with Gasteiger partial charge in [-0.3, -0.25) is 0 Å². The fourth-order valence-electron chi connectivity index (χ4n) is 2.26. The third kappa shape index (κ3) is 4.47. The van der Waals surface area contributed by atoms with Crippen molar-refractivity contribution in [3.8, 4) is 0 Å². The monoisotopic (exact) mass is 281 g/mol. The molecule has 0 aromatic heterocycles. The Balaban J connectivity index is 2.06. The quantitative estimate of drug-likeness (QED) is 0.809. The van der Waals surface area contributed by atoms with Crippen molar-refractivity contribution in [2.45, 2.75) is 13.8 Å². The van der Waals surface area contributed by atoms with Crippen LogP contribution in [-0.2, 0) is 0 Å². The number of anilines is 1. The molecule has 0 aliphatic heterocycles. The molecule has 0 heterocycles. The molecule has 0 fully saturated rings. The first-order chi connectivity index (χ1) is 10.2. The molecule has 0 saturated carbocycles. The zero-order valence-electron chi connectivity index (χ0n) is 12.8. The molecule has 0 saturated heterocycles. The Morgan fingerprint density at radius 3 is 1.90 bits per heavy atom. The summed E-state index contributed by atoms with van der Waals surface area (Å²) in [6.07, 6.45) is 4.25. The number of hydrogen-bond donors (Lipinski definition) is 1. The summed E-state index contributed by atoms with van der Waals surface area (Å²) in [5, 5.41) is 9.06. The molecule has 0 amide bonds. The maximum Gasteiger partial charge on any atom is 0.0606 e. The molecule has 0 atom stereocenters. The Morgan fingerprint density at radius 2 is 1.43 bits per heavy atom. The van der Waals surface area contributed by atoms with Crippen molar-refractivity contribution in [1.82, 2.24) is 0 Å². The molecule has 2 aromatic rings. The SMILES string of the molecule is CCN(CCO)c1ccc(/C=C/c2ccc(C)cc2)cc1. The van der Waals surface area contributed by atoms with E-state index < -0.39 is 0 Å². The molecule has 0 aliphatic rings. The topological polar surface area (TPSA) is 23.5 Å². The Labute approximate surface area is 127 Å². The molecule has 0 unspecified atom stereocenters. The summed E-state index contributed by atoms with van der Waals surface area (Å²) in [6, 6.07) is 16.9. The molecule has 0 radical (unpaired) electrons. The summed E-state index contributed by atoms with van der Waals surface area (Å²) in [4.78, 5) is 2.16. The highest BCUT2D eigenvalue weighted by Crippen LogP contribution is 2.16. The highest BCUT2D eigenvalue weighted by molar-refractivity contribution is 5.70. The molecule has 0 spiro atoms. The normalized spacial score (nSPS) is 11.0. The molecule has 2 rings (SSSR count). The number of hydrogen-bond acceptors (Lipinski definition) is 2. The van der Waals surface area contributed by atoms with E-state index >= 15 is 0 Å². The molecular formula is C19H23NO. The van der Waals surface area contributed by atoms with Gasteiger partial charge in [-0.25, -0.2) is 0 Å². The third-order valence-electron chi connectivity index (χ3n) is 3.56. The second kappa shape index (κ2) is 7.65. The maximum atomic E-state index is 9.06. The van der Waals surface area contributed by atoms with Gasteiger partial charge in [0.05, 0.1) is 6.61 Å². The first-order valence-electron chi connectivity index (χ1n) is 7.43. The molecule has 2 aromatic carbocycles. The average Bonchev–Trinajstić information content (AvgIpc) is 2.53. The highest BCUT2D eigenvalue weighted by Gasteiger charge is 2.02. The fraction of sp³-hybridized carbons (Fsp3) is 0.263. The molecule has 0 aliphatic carbocycles. The van der Waals surface area contributed by atoms with Crippen molar-refractivity contribution in [3.63, 3.8) is 0 Å². The van der Waals surface area contributed by atoms with E-state index in [0.717, 1.165) is 12.2 Å². The van der Waals surface area contributed by atoms with Gasteiger partial charge in [-0.1, -0.05) is 54.1 Å². The molecule has 1 N–H and O–H groups in total. The lowest BCUT2D eigenvalue weighted by Crippen LogP contribution is -2.25. The summed E-state index contributed by atoms with van der Waals surface area (Å²) in [5.41, 5.74) is 4.82. The second-order valence-corrected chi connectivity index (χ2v) is 5.14. The smallest absolute Gasteiger partial charge is 0.0606 e. The van der Waals surface area contributed by atoms with E-state index in [4.69, 9.17) is 5.11 Å². The first kappa shape index (κ1) is 15.3. The Hall–Kier alpha value is -2.06. The van der Waals surface area contributed by atoms with Gasteiger partial charge in [0.2, 0.25) is 0 Å². The Morgan fingerprint density at radius 1 is 0.905 bits per heavy atom. The number of rotatable bonds is 6. The lowest BCUT2D eigenvalue weighted by Gasteiger charge is -2.21. The van der Waals surface area contributed by atoms with Crippen LogP contribution in [0.5, 0.6) is 0 Å². The number of aryl methyl sites for hydroxylation is 1. The summed E-state index contributed by atoms with van der Waals surface area (Å²) in [7, 11) is 0. The molecule has 0 bridgehead atoms. The van der Waals surface area contributed by atoms with Gasteiger partial charge in [0, 0.05) is 18.8 Å². The molecule has 2 heteroatoms. The van der Waals surface area contributed by atoms with Crippen LogP contribution >= 0.6 is 0 Å². The van der Waals surface area contributed by atoms with E-state index in [1.54, 1.807) is 0 Å². The first-order valence-corrected chi connectivity index (χ1v) is 7.43. The van der Waals surface area contributed by atoms with Crippen molar-refractivity contribution in [2.75, 3.05) is 24.6 Å². The number of benzene rings is 2. The number of likely N-dealkylation sites (N-methyl/N-ethyl adjacent to an activating group) is 1. The minimum Gasteiger partial charge on any atom is -0.395 e. The van der Waals surface area contributed by atoms with Gasteiger partial charge in [0.25, 0.3) is 0 Å². The van der Waals surface area contributed by atoms with E-state index in [2.05, 4.69) is 79.4 Å². The number of aliphatic hydroxyl groups is 1. The molecule has 2 nitrogen and oxygen atoms in total. The van der Waals surface area contributed by atoms with Crippen LogP contribution in [0.2, 0.25) is 0 Å². The summed E-state index contributed by atoms with van der Waals surface area (Å²) in [6.45, 7) is 5.95. The van der Waals surface area contributed by atoms with Crippen molar-refractivity contribution in [3.05, 3.63) is 65.2 Å². The largest absolute Gasteiger partial charge is 0.395 e. The van der Waals surface area contributed by atoms with Crippen molar-refractivity contribution < 1.29 is 5.11 Å². The molecule has 110 valence electrons. The fourth-order valence-corrected chi connectivity index (χ4v) is 2.26. The van der Waals surface area contributed by atoms with Crippen LogP contribution in [0.1, 0.15) is 23.6 Å². The summed E-state index contributed by atoms with van der Waals surface area (Å²) >= 11 is 0. The maximum absolute atomic E-state index is 9.06.